The summed E-state index contributed by atoms with van der Waals surface area (Å²) in [6.07, 6.45) is 0. The van der Waals surface area contributed by atoms with E-state index in [9.17, 15) is 0 Å². The highest BCUT2D eigenvalue weighted by atomic mass is 31.3. The third kappa shape index (κ3) is 8.23. The van der Waals surface area contributed by atoms with E-state index in [2.05, 4.69) is 29.4 Å². The summed E-state index contributed by atoms with van der Waals surface area (Å²) in [6.45, 7) is 2.86. The van der Waals surface area contributed by atoms with Crippen LogP contribution in [0.4, 0.5) is 5.69 Å². The summed E-state index contributed by atoms with van der Waals surface area (Å²) in [5, 5.41) is 5.50. The molecule has 0 aromatic heterocycles. The van der Waals surface area contributed by atoms with Crippen molar-refractivity contribution in [2.75, 3.05) is 57.9 Å². The largest absolute Gasteiger partial charge is 0.422 e. The van der Waals surface area contributed by atoms with Crippen LogP contribution in [0.2, 0.25) is 0 Å². The van der Waals surface area contributed by atoms with Crippen molar-refractivity contribution in [1.29, 1.82) is 0 Å². The molecule has 0 saturated heterocycles. The normalized spacial score (nSPS) is 24.2. The smallest absolute Gasteiger partial charge is 0.399 e. The predicted octanol–water partition coefficient (Wildman–Crippen LogP) is 7.95. The van der Waals surface area contributed by atoms with E-state index in [1.165, 1.54) is 0 Å². The topological polar surface area (TPSA) is 104 Å². The van der Waals surface area contributed by atoms with E-state index in [4.69, 9.17) is 41.3 Å². The maximum atomic E-state index is 6.80. The van der Waals surface area contributed by atoms with E-state index in [1.54, 1.807) is 0 Å². The molecule has 45 heavy (non-hydrogen) atoms. The van der Waals surface area contributed by atoms with Crippen LogP contribution in [0.1, 0.15) is 0 Å². The van der Waals surface area contributed by atoms with Crippen molar-refractivity contribution in [1.82, 2.24) is 0 Å². The highest BCUT2D eigenvalue weighted by molar-refractivity contribution is 7.90. The minimum absolute atomic E-state index is 0.200. The minimum atomic E-state index is -3.50. The molecule has 4 aromatic rings. The Morgan fingerprint density at radius 2 is 0.956 bits per heavy atom. The highest BCUT2D eigenvalue weighted by Crippen LogP contribution is 2.78. The Bertz CT molecular complexity index is 1580. The first-order valence-electron chi connectivity index (χ1n) is 14.8. The Morgan fingerprint density at radius 1 is 0.489 bits per heavy atom. The second-order valence-electron chi connectivity index (χ2n) is 9.96. The number of hydrogen-bond acceptors (Lipinski definition) is 10. The summed E-state index contributed by atoms with van der Waals surface area (Å²) in [4.78, 5) is 0. The lowest BCUT2D eigenvalue weighted by atomic mass is 10.3. The number of ether oxygens (including phenoxy) is 3. The molecule has 0 aliphatic carbocycles. The third-order valence-corrected chi connectivity index (χ3v) is 16.6. The van der Waals surface area contributed by atoms with Crippen LogP contribution in [0.15, 0.2) is 135 Å². The van der Waals surface area contributed by atoms with Crippen molar-refractivity contribution in [2.24, 2.45) is 13.5 Å². The number of fused-ring (bicyclic) bond motifs is 1. The fourth-order valence-corrected chi connectivity index (χ4v) is 16.3. The van der Waals surface area contributed by atoms with Crippen LogP contribution in [0, 0.1) is 0 Å². The lowest BCUT2D eigenvalue weighted by Crippen LogP contribution is -2.19. The Labute approximate surface area is 264 Å². The van der Waals surface area contributed by atoms with Gasteiger partial charge in [-0.05, 0) is 24.3 Å². The first-order valence-corrected chi connectivity index (χ1v) is 19.7. The summed E-state index contributed by atoms with van der Waals surface area (Å²) in [5.74, 6) is 0.587. The van der Waals surface area contributed by atoms with Gasteiger partial charge >= 0.3 is 15.2 Å². The molecule has 0 saturated carbocycles. The van der Waals surface area contributed by atoms with E-state index in [0.717, 1.165) is 16.3 Å². The number of benzene rings is 4. The molecule has 6 rings (SSSR count). The van der Waals surface area contributed by atoms with Gasteiger partial charge in [0, 0.05) is 16.3 Å². The van der Waals surface area contributed by atoms with Crippen LogP contribution in [0.3, 0.4) is 0 Å². The van der Waals surface area contributed by atoms with Gasteiger partial charge < -0.3 is 28.3 Å². The molecular weight excluding hydrogens is 629 g/mol. The van der Waals surface area contributed by atoms with Crippen molar-refractivity contribution in [3.63, 3.8) is 0 Å². The van der Waals surface area contributed by atoms with Gasteiger partial charge in [0.15, 0.2) is 0 Å². The fourth-order valence-electron chi connectivity index (χ4n) is 4.70. The maximum Gasteiger partial charge on any atom is 0.399 e. The average molecular weight is 667 g/mol. The maximum absolute atomic E-state index is 6.80. The Morgan fingerprint density at radius 3 is 1.51 bits per heavy atom. The van der Waals surface area contributed by atoms with Crippen molar-refractivity contribution in [3.8, 4) is 5.75 Å². The quantitative estimate of drug-likeness (QED) is 0.208. The highest BCUT2D eigenvalue weighted by Gasteiger charge is 2.43. The third-order valence-electron chi connectivity index (χ3n) is 6.71. The monoisotopic (exact) mass is 666 g/mol. The lowest BCUT2D eigenvalue weighted by Gasteiger charge is -2.35. The van der Waals surface area contributed by atoms with Gasteiger partial charge in [0.25, 0.3) is 0 Å². The van der Waals surface area contributed by atoms with Crippen molar-refractivity contribution in [2.45, 2.75) is 0 Å². The zero-order valence-electron chi connectivity index (χ0n) is 24.8. The molecule has 10 nitrogen and oxygen atoms in total. The van der Waals surface area contributed by atoms with Crippen LogP contribution in [0.25, 0.3) is 0 Å². The van der Waals surface area contributed by atoms with Crippen LogP contribution in [-0.2, 0) is 23.3 Å². The molecule has 2 atom stereocenters. The van der Waals surface area contributed by atoms with Gasteiger partial charge in [0.2, 0.25) is 0 Å². The van der Waals surface area contributed by atoms with Crippen LogP contribution in [-0.4, -0.2) is 52.9 Å². The average Bonchev–Trinajstić information content (AvgIpc) is 3.08. The molecule has 4 aromatic carbocycles. The summed E-state index contributed by atoms with van der Waals surface area (Å²) >= 11 is 0. The number of nitrogens with zero attached hydrogens (tertiary/aromatic N) is 3. The number of nitrogens with one attached hydrogen (secondary N) is 1. The van der Waals surface area contributed by atoms with Crippen molar-refractivity contribution < 1.29 is 27.8 Å². The van der Waals surface area contributed by atoms with Gasteiger partial charge in [-0.3, -0.25) is 4.52 Å². The number of hydrogen-bond donors (Lipinski definition) is 1. The van der Waals surface area contributed by atoms with Crippen molar-refractivity contribution >= 4 is 38.7 Å². The standard InChI is InChI=1S/C32H37N4O6P3/c1-5-13-29(14-6-1)33-44-34-43(31-17-9-3-10-18-31,32-19-11-4-12-20-32)35-45(36-44,42-30-15-7-2-8-16-30)41-28-26-39-24-22-37-21-23-38-25-27-40-44/h1-20,33H,21-28H2/t44-,45-/m0/s1. The van der Waals surface area contributed by atoms with E-state index >= 15 is 0 Å². The number of anilines is 1. The Hall–Kier alpha value is -3.03. The summed E-state index contributed by atoms with van der Waals surface area (Å²) in [7, 11) is -9.81. The molecular formula is C32H37N4O6P3. The second kappa shape index (κ2) is 15.5. The Kier molecular flexibility index (Phi) is 11.0. The van der Waals surface area contributed by atoms with Gasteiger partial charge in [-0.15, -0.1) is 4.52 Å². The zero-order chi connectivity index (χ0) is 30.7. The van der Waals surface area contributed by atoms with Gasteiger partial charge in [0.05, 0.1) is 52.9 Å². The number of para-hydroxylation sites is 2. The first kappa shape index (κ1) is 31.9. The molecule has 2 aliphatic rings. The molecule has 13 heteroatoms. The fraction of sp³-hybridized carbons (Fsp3) is 0.250. The summed E-state index contributed by atoms with van der Waals surface area (Å²) in [6, 6.07) is 39.6. The molecule has 2 heterocycles. The lowest BCUT2D eigenvalue weighted by molar-refractivity contribution is 0.00508. The minimum Gasteiger partial charge on any atom is -0.422 e. The second-order valence-corrected chi connectivity index (χ2v) is 17.3. The van der Waals surface area contributed by atoms with Crippen LogP contribution in [0.5, 0.6) is 5.75 Å². The van der Waals surface area contributed by atoms with Crippen LogP contribution < -0.4 is 20.2 Å². The van der Waals surface area contributed by atoms with Crippen LogP contribution >= 0.6 is 22.4 Å². The summed E-state index contributed by atoms with van der Waals surface area (Å²) < 4.78 is 54.0. The molecule has 2 aliphatic heterocycles. The summed E-state index contributed by atoms with van der Waals surface area (Å²) in [5.41, 5.74) is 0.810. The zero-order valence-corrected chi connectivity index (χ0v) is 27.5. The SMILES string of the molecule is c1ccc(N[P@]23=NP(c4ccccc4)(c4ccccc4)=N[P@](Oc4ccccc4)(=N2)OCCOCCOCCOCCO3)cc1. The van der Waals surface area contributed by atoms with E-state index in [-0.39, 0.29) is 13.2 Å². The van der Waals surface area contributed by atoms with E-state index in [0.29, 0.717) is 45.4 Å². The molecule has 0 radical (unpaired) electrons. The Balaban J connectivity index is 1.63. The molecule has 236 valence electrons. The number of rotatable bonds is 6. The van der Waals surface area contributed by atoms with E-state index in [1.807, 2.05) is 97.1 Å². The van der Waals surface area contributed by atoms with Gasteiger partial charge in [-0.25, -0.2) is 0 Å². The first-order chi connectivity index (χ1) is 22.2. The molecule has 1 N–H and O–H groups in total. The molecule has 0 amide bonds. The molecule has 0 unspecified atom stereocenters. The van der Waals surface area contributed by atoms with Crippen molar-refractivity contribution in [3.05, 3.63) is 121 Å². The van der Waals surface area contributed by atoms with Gasteiger partial charge in [-0.1, -0.05) is 97.1 Å². The predicted molar refractivity (Wildman–Crippen MR) is 182 cm³/mol. The molecule has 2 bridgehead atoms. The molecule has 0 spiro atoms. The van der Waals surface area contributed by atoms with E-state index < -0.39 is 22.4 Å². The van der Waals surface area contributed by atoms with Gasteiger partial charge in [0.1, 0.15) is 13.0 Å². The molecule has 0 fully saturated rings. The van der Waals surface area contributed by atoms with Gasteiger partial charge in [-0.2, -0.15) is 9.03 Å².